The summed E-state index contributed by atoms with van der Waals surface area (Å²) in [6.07, 6.45) is 5.82. The Bertz CT molecular complexity index is 572. The highest BCUT2D eigenvalue weighted by Gasteiger charge is 2.26. The molecular formula is C14H18ClN3. The Hall–Kier alpha value is -1.09. The van der Waals surface area contributed by atoms with Crippen molar-refractivity contribution in [2.75, 3.05) is 0 Å². The predicted octanol–water partition coefficient (Wildman–Crippen LogP) is 3.84. The molecule has 0 N–H and O–H groups in total. The molecule has 0 amide bonds. The van der Waals surface area contributed by atoms with Crippen LogP contribution in [0.25, 0.3) is 11.2 Å². The topological polar surface area (TPSA) is 30.7 Å². The molecule has 1 unspecified atom stereocenters. The molecule has 1 fully saturated rings. The van der Waals surface area contributed by atoms with Gasteiger partial charge in [0.25, 0.3) is 0 Å². The van der Waals surface area contributed by atoms with Crippen LogP contribution in [0.5, 0.6) is 0 Å². The van der Waals surface area contributed by atoms with Gasteiger partial charge in [0.1, 0.15) is 11.3 Å². The van der Waals surface area contributed by atoms with Gasteiger partial charge in [-0.1, -0.05) is 12.8 Å². The van der Waals surface area contributed by atoms with Crippen molar-refractivity contribution in [2.45, 2.75) is 45.0 Å². The van der Waals surface area contributed by atoms with Gasteiger partial charge >= 0.3 is 0 Å². The van der Waals surface area contributed by atoms with Crippen LogP contribution >= 0.6 is 11.6 Å². The largest absolute Gasteiger partial charge is 0.309 e. The highest BCUT2D eigenvalue weighted by Crippen LogP contribution is 2.38. The van der Waals surface area contributed by atoms with Crippen LogP contribution in [0.1, 0.15) is 43.6 Å². The van der Waals surface area contributed by atoms with Gasteiger partial charge in [-0.15, -0.1) is 11.6 Å². The fourth-order valence-corrected chi connectivity index (χ4v) is 2.84. The lowest BCUT2D eigenvalue weighted by atomic mass is 10.1. The number of imidazole rings is 1. The molecule has 1 aliphatic rings. The van der Waals surface area contributed by atoms with E-state index in [4.69, 9.17) is 11.6 Å². The van der Waals surface area contributed by atoms with Crippen LogP contribution in [0.2, 0.25) is 0 Å². The molecule has 1 atom stereocenters. The van der Waals surface area contributed by atoms with Crippen LogP contribution in [-0.4, -0.2) is 14.5 Å². The predicted molar refractivity (Wildman–Crippen MR) is 73.9 cm³/mol. The molecular weight excluding hydrogens is 246 g/mol. The summed E-state index contributed by atoms with van der Waals surface area (Å²) >= 11 is 6.04. The Morgan fingerprint density at radius 3 is 2.94 bits per heavy atom. The van der Waals surface area contributed by atoms with E-state index in [9.17, 15) is 0 Å². The number of hydrogen-bond acceptors (Lipinski definition) is 2. The fourth-order valence-electron chi connectivity index (χ4n) is 2.65. The lowest BCUT2D eigenvalue weighted by molar-refractivity contribution is 0.475. The molecule has 96 valence electrons. The number of halogens is 1. The van der Waals surface area contributed by atoms with Crippen molar-refractivity contribution < 1.29 is 0 Å². The summed E-state index contributed by atoms with van der Waals surface area (Å²) < 4.78 is 2.23. The van der Waals surface area contributed by atoms with Crippen LogP contribution in [0.4, 0.5) is 0 Å². The maximum absolute atomic E-state index is 6.04. The highest BCUT2D eigenvalue weighted by atomic mass is 35.5. The molecule has 1 saturated carbocycles. The standard InChI is InChI=1S/C14H18ClN3/c1-9-5-6-16-14-13(9)17-12(8-15)18(14)10(2)7-11-3-4-11/h5-6,10-11H,3-4,7-8H2,1-2H3. The molecule has 18 heavy (non-hydrogen) atoms. The molecule has 3 nitrogen and oxygen atoms in total. The van der Waals surface area contributed by atoms with E-state index in [2.05, 4.69) is 28.4 Å². The molecule has 0 aromatic carbocycles. The Morgan fingerprint density at radius 2 is 2.28 bits per heavy atom. The third-order valence-corrected chi connectivity index (χ3v) is 4.02. The summed E-state index contributed by atoms with van der Waals surface area (Å²) in [6, 6.07) is 2.44. The van der Waals surface area contributed by atoms with Crippen molar-refractivity contribution in [1.29, 1.82) is 0 Å². The fraction of sp³-hybridized carbons (Fsp3) is 0.571. The van der Waals surface area contributed by atoms with Gasteiger partial charge < -0.3 is 4.57 Å². The summed E-state index contributed by atoms with van der Waals surface area (Å²) in [5, 5.41) is 0. The second-order valence-corrected chi connectivity index (χ2v) is 5.63. The number of fused-ring (bicyclic) bond motifs is 1. The second-order valence-electron chi connectivity index (χ2n) is 5.36. The molecule has 0 aliphatic heterocycles. The summed E-state index contributed by atoms with van der Waals surface area (Å²) in [7, 11) is 0. The molecule has 2 heterocycles. The Kier molecular flexibility index (Phi) is 3.02. The Labute approximate surface area is 112 Å². The van der Waals surface area contributed by atoms with Crippen LogP contribution in [0.3, 0.4) is 0 Å². The van der Waals surface area contributed by atoms with E-state index < -0.39 is 0 Å². The molecule has 0 spiro atoms. The van der Waals surface area contributed by atoms with Gasteiger partial charge in [-0.2, -0.15) is 0 Å². The average Bonchev–Trinajstić information content (AvgIpc) is 3.07. The summed E-state index contributed by atoms with van der Waals surface area (Å²) in [5.74, 6) is 2.29. The van der Waals surface area contributed by atoms with Gasteiger partial charge in [0.05, 0.1) is 5.88 Å². The van der Waals surface area contributed by atoms with Crippen LogP contribution < -0.4 is 0 Å². The van der Waals surface area contributed by atoms with Crippen LogP contribution in [0.15, 0.2) is 12.3 Å². The lowest BCUT2D eigenvalue weighted by Crippen LogP contribution is -2.10. The number of pyridine rings is 1. The zero-order chi connectivity index (χ0) is 12.7. The number of alkyl halides is 1. The molecule has 4 heteroatoms. The van der Waals surface area contributed by atoms with E-state index in [0.29, 0.717) is 11.9 Å². The Balaban J connectivity index is 2.09. The first-order valence-corrected chi connectivity index (χ1v) is 7.12. The Morgan fingerprint density at radius 1 is 1.50 bits per heavy atom. The van der Waals surface area contributed by atoms with Gasteiger partial charge in [-0.05, 0) is 37.8 Å². The molecule has 0 radical (unpaired) electrons. The molecule has 3 rings (SSSR count). The minimum atomic E-state index is 0.436. The number of rotatable bonds is 4. The van der Waals surface area contributed by atoms with Gasteiger partial charge in [0.15, 0.2) is 5.65 Å². The van der Waals surface area contributed by atoms with E-state index >= 15 is 0 Å². The van der Waals surface area contributed by atoms with E-state index in [1.165, 1.54) is 24.8 Å². The lowest BCUT2D eigenvalue weighted by Gasteiger charge is -2.15. The molecule has 0 bridgehead atoms. The van der Waals surface area contributed by atoms with Crippen molar-refractivity contribution in [3.63, 3.8) is 0 Å². The number of aryl methyl sites for hydroxylation is 1. The number of hydrogen-bond donors (Lipinski definition) is 0. The van der Waals surface area contributed by atoms with E-state index in [1.807, 2.05) is 12.3 Å². The third-order valence-electron chi connectivity index (χ3n) is 3.79. The minimum absolute atomic E-state index is 0.436. The summed E-state index contributed by atoms with van der Waals surface area (Å²) in [6.45, 7) is 4.32. The number of nitrogens with zero attached hydrogens (tertiary/aromatic N) is 3. The monoisotopic (exact) mass is 263 g/mol. The van der Waals surface area contributed by atoms with Crippen molar-refractivity contribution >= 4 is 22.8 Å². The molecule has 1 aliphatic carbocycles. The van der Waals surface area contributed by atoms with Gasteiger partial charge in [0, 0.05) is 12.2 Å². The quantitative estimate of drug-likeness (QED) is 0.785. The highest BCUT2D eigenvalue weighted by molar-refractivity contribution is 6.16. The molecule has 2 aromatic rings. The second kappa shape index (κ2) is 4.54. The maximum atomic E-state index is 6.04. The van der Waals surface area contributed by atoms with Crippen molar-refractivity contribution in [3.05, 3.63) is 23.7 Å². The maximum Gasteiger partial charge on any atom is 0.160 e. The minimum Gasteiger partial charge on any atom is -0.309 e. The van der Waals surface area contributed by atoms with Crippen LogP contribution in [0, 0.1) is 12.8 Å². The first-order chi connectivity index (χ1) is 8.70. The normalized spacial score (nSPS) is 17.3. The smallest absolute Gasteiger partial charge is 0.160 e. The van der Waals surface area contributed by atoms with E-state index in [1.54, 1.807) is 0 Å². The summed E-state index contributed by atoms with van der Waals surface area (Å²) in [4.78, 5) is 9.15. The van der Waals surface area contributed by atoms with Gasteiger partial charge in [-0.25, -0.2) is 9.97 Å². The molecule has 2 aromatic heterocycles. The average molecular weight is 264 g/mol. The zero-order valence-electron chi connectivity index (χ0n) is 10.9. The first-order valence-electron chi connectivity index (χ1n) is 6.59. The van der Waals surface area contributed by atoms with E-state index in [-0.39, 0.29) is 0 Å². The van der Waals surface area contributed by atoms with Crippen molar-refractivity contribution in [2.24, 2.45) is 5.92 Å². The third kappa shape index (κ3) is 2.01. The first kappa shape index (κ1) is 12.0. The van der Waals surface area contributed by atoms with Gasteiger partial charge in [-0.3, -0.25) is 0 Å². The van der Waals surface area contributed by atoms with Crippen molar-refractivity contribution in [3.8, 4) is 0 Å². The number of aromatic nitrogens is 3. The van der Waals surface area contributed by atoms with Crippen LogP contribution in [-0.2, 0) is 5.88 Å². The van der Waals surface area contributed by atoms with E-state index in [0.717, 1.165) is 22.9 Å². The van der Waals surface area contributed by atoms with Crippen molar-refractivity contribution in [1.82, 2.24) is 14.5 Å². The summed E-state index contributed by atoms with van der Waals surface area (Å²) in [5.41, 5.74) is 3.15. The molecule has 0 saturated heterocycles. The van der Waals surface area contributed by atoms with Gasteiger partial charge in [0.2, 0.25) is 0 Å². The SMILES string of the molecule is Cc1ccnc2c1nc(CCl)n2C(C)CC1CC1. The zero-order valence-corrected chi connectivity index (χ0v) is 11.6.